The van der Waals surface area contributed by atoms with Gasteiger partial charge in [-0.2, -0.15) is 0 Å². The van der Waals surface area contributed by atoms with Crippen molar-refractivity contribution >= 4 is 21.8 Å². The molecule has 1 amide bonds. The van der Waals surface area contributed by atoms with Crippen molar-refractivity contribution in [1.29, 1.82) is 0 Å². The van der Waals surface area contributed by atoms with E-state index in [1.54, 1.807) is 6.92 Å². The molecule has 21 heavy (non-hydrogen) atoms. The van der Waals surface area contributed by atoms with Crippen LogP contribution in [0.2, 0.25) is 0 Å². The molecule has 2 nitrogen and oxygen atoms in total. The number of carbonyl (C=O) groups excluding carboxylic acids is 1. The van der Waals surface area contributed by atoms with Crippen LogP contribution in [0.1, 0.15) is 28.9 Å². The van der Waals surface area contributed by atoms with Gasteiger partial charge >= 0.3 is 0 Å². The van der Waals surface area contributed by atoms with Gasteiger partial charge in [-0.3, -0.25) is 4.79 Å². The molecule has 0 saturated carbocycles. The predicted octanol–water partition coefficient (Wildman–Crippen LogP) is 4.36. The Labute approximate surface area is 128 Å². The van der Waals surface area contributed by atoms with Gasteiger partial charge in [0, 0.05) is 16.1 Å². The Kier molecular flexibility index (Phi) is 4.67. The standard InChI is InChI=1S/C15H11BrF3NO/c1-8(11-4-2-10(18)7-14(11)19)20-15(21)12-5-3-9(17)6-13(12)16/h2-8H,1H3,(H,20,21). The van der Waals surface area contributed by atoms with E-state index in [1.165, 1.54) is 12.1 Å². The Balaban J connectivity index is 2.18. The number of rotatable bonds is 3. The summed E-state index contributed by atoms with van der Waals surface area (Å²) in [5.41, 5.74) is 0.397. The number of carbonyl (C=O) groups is 1. The molecule has 110 valence electrons. The van der Waals surface area contributed by atoms with Crippen LogP contribution < -0.4 is 5.32 Å². The maximum Gasteiger partial charge on any atom is 0.252 e. The minimum Gasteiger partial charge on any atom is -0.345 e. The van der Waals surface area contributed by atoms with Gasteiger partial charge in [0.15, 0.2) is 0 Å². The van der Waals surface area contributed by atoms with Gasteiger partial charge in [0.2, 0.25) is 0 Å². The smallest absolute Gasteiger partial charge is 0.252 e. The van der Waals surface area contributed by atoms with Crippen molar-refractivity contribution in [1.82, 2.24) is 5.32 Å². The Morgan fingerprint density at radius 1 is 1.10 bits per heavy atom. The van der Waals surface area contributed by atoms with E-state index in [1.807, 2.05) is 0 Å². The van der Waals surface area contributed by atoms with E-state index in [2.05, 4.69) is 21.2 Å². The van der Waals surface area contributed by atoms with E-state index in [-0.39, 0.29) is 11.1 Å². The minimum absolute atomic E-state index is 0.169. The molecule has 6 heteroatoms. The monoisotopic (exact) mass is 357 g/mol. The summed E-state index contributed by atoms with van der Waals surface area (Å²) in [6.45, 7) is 1.58. The molecule has 0 aliphatic rings. The zero-order valence-electron chi connectivity index (χ0n) is 11.0. The second-order valence-electron chi connectivity index (χ2n) is 4.49. The minimum atomic E-state index is -0.735. The number of hydrogen-bond acceptors (Lipinski definition) is 1. The first kappa shape index (κ1) is 15.6. The Hall–Kier alpha value is -1.82. The van der Waals surface area contributed by atoms with Crippen molar-refractivity contribution in [2.24, 2.45) is 0 Å². The van der Waals surface area contributed by atoms with E-state index >= 15 is 0 Å². The summed E-state index contributed by atoms with van der Waals surface area (Å²) in [6, 6.07) is 6.13. The highest BCUT2D eigenvalue weighted by Crippen LogP contribution is 2.21. The number of benzene rings is 2. The highest BCUT2D eigenvalue weighted by Gasteiger charge is 2.17. The number of nitrogens with one attached hydrogen (secondary N) is 1. The van der Waals surface area contributed by atoms with Gasteiger partial charge < -0.3 is 5.32 Å². The summed E-state index contributed by atoms with van der Waals surface area (Å²) in [5.74, 6) is -2.38. The van der Waals surface area contributed by atoms with Gasteiger partial charge in [0.05, 0.1) is 11.6 Å². The van der Waals surface area contributed by atoms with Gasteiger partial charge in [0.25, 0.3) is 5.91 Å². The van der Waals surface area contributed by atoms with Gasteiger partial charge in [-0.25, -0.2) is 13.2 Å². The summed E-state index contributed by atoms with van der Waals surface area (Å²) >= 11 is 3.09. The third-order valence-electron chi connectivity index (χ3n) is 2.95. The van der Waals surface area contributed by atoms with Crippen molar-refractivity contribution in [2.75, 3.05) is 0 Å². The zero-order chi connectivity index (χ0) is 15.6. The van der Waals surface area contributed by atoms with Crippen LogP contribution in [-0.4, -0.2) is 5.91 Å². The van der Waals surface area contributed by atoms with Crippen LogP contribution >= 0.6 is 15.9 Å². The summed E-state index contributed by atoms with van der Waals surface area (Å²) in [4.78, 5) is 12.1. The SMILES string of the molecule is CC(NC(=O)c1ccc(F)cc1Br)c1ccc(F)cc1F. The molecule has 0 heterocycles. The van der Waals surface area contributed by atoms with Crippen LogP contribution in [0, 0.1) is 17.5 Å². The molecule has 0 aliphatic carbocycles. The molecule has 0 spiro atoms. The van der Waals surface area contributed by atoms with Gasteiger partial charge in [-0.1, -0.05) is 6.07 Å². The van der Waals surface area contributed by atoms with Gasteiger partial charge in [-0.15, -0.1) is 0 Å². The molecule has 2 aromatic carbocycles. The van der Waals surface area contributed by atoms with Crippen molar-refractivity contribution in [3.05, 3.63) is 69.4 Å². The molecule has 0 fully saturated rings. The van der Waals surface area contributed by atoms with Crippen molar-refractivity contribution in [2.45, 2.75) is 13.0 Å². The van der Waals surface area contributed by atoms with Crippen LogP contribution in [-0.2, 0) is 0 Å². The first-order chi connectivity index (χ1) is 9.88. The predicted molar refractivity (Wildman–Crippen MR) is 76.3 cm³/mol. The Morgan fingerprint density at radius 2 is 1.71 bits per heavy atom. The lowest BCUT2D eigenvalue weighted by atomic mass is 10.1. The van der Waals surface area contributed by atoms with E-state index in [4.69, 9.17) is 0 Å². The molecule has 0 aliphatic heterocycles. The van der Waals surface area contributed by atoms with Crippen LogP contribution in [0.5, 0.6) is 0 Å². The fourth-order valence-electron chi connectivity index (χ4n) is 1.88. The van der Waals surface area contributed by atoms with E-state index in [9.17, 15) is 18.0 Å². The summed E-state index contributed by atoms with van der Waals surface area (Å²) in [6.07, 6.45) is 0. The van der Waals surface area contributed by atoms with E-state index < -0.39 is 29.4 Å². The Bertz CT molecular complexity index is 691. The van der Waals surface area contributed by atoms with Crippen LogP contribution in [0.25, 0.3) is 0 Å². The maximum absolute atomic E-state index is 13.6. The lowest BCUT2D eigenvalue weighted by Gasteiger charge is -2.15. The van der Waals surface area contributed by atoms with Crippen molar-refractivity contribution in [3.8, 4) is 0 Å². The second kappa shape index (κ2) is 6.30. The molecule has 0 saturated heterocycles. The fraction of sp³-hybridized carbons (Fsp3) is 0.133. The first-order valence-corrected chi connectivity index (χ1v) is 6.88. The lowest BCUT2D eigenvalue weighted by molar-refractivity contribution is 0.0938. The first-order valence-electron chi connectivity index (χ1n) is 6.09. The van der Waals surface area contributed by atoms with Crippen LogP contribution in [0.15, 0.2) is 40.9 Å². The Morgan fingerprint density at radius 3 is 2.33 bits per heavy atom. The molecule has 0 bridgehead atoms. The van der Waals surface area contributed by atoms with Crippen molar-refractivity contribution in [3.63, 3.8) is 0 Å². The summed E-state index contributed by atoms with van der Waals surface area (Å²) in [5, 5.41) is 2.58. The van der Waals surface area contributed by atoms with Gasteiger partial charge in [-0.05, 0) is 47.1 Å². The molecule has 2 rings (SSSR count). The van der Waals surface area contributed by atoms with E-state index in [0.717, 1.165) is 24.3 Å². The topological polar surface area (TPSA) is 29.1 Å². The van der Waals surface area contributed by atoms with E-state index in [0.29, 0.717) is 4.47 Å². The number of amides is 1. The number of hydrogen-bond donors (Lipinski definition) is 1. The largest absolute Gasteiger partial charge is 0.345 e. The summed E-state index contributed by atoms with van der Waals surface area (Å²) < 4.78 is 39.8. The maximum atomic E-state index is 13.6. The average Bonchev–Trinajstić information content (AvgIpc) is 2.37. The highest BCUT2D eigenvalue weighted by molar-refractivity contribution is 9.10. The zero-order valence-corrected chi connectivity index (χ0v) is 12.5. The van der Waals surface area contributed by atoms with Crippen molar-refractivity contribution < 1.29 is 18.0 Å². The van der Waals surface area contributed by atoms with Crippen LogP contribution in [0.4, 0.5) is 13.2 Å². The molecule has 0 aromatic heterocycles. The molecule has 0 radical (unpaired) electrons. The lowest BCUT2D eigenvalue weighted by Crippen LogP contribution is -2.27. The van der Waals surface area contributed by atoms with Crippen LogP contribution in [0.3, 0.4) is 0 Å². The fourth-order valence-corrected chi connectivity index (χ4v) is 2.41. The summed E-state index contributed by atoms with van der Waals surface area (Å²) in [7, 11) is 0. The van der Waals surface area contributed by atoms with Gasteiger partial charge in [0.1, 0.15) is 17.5 Å². The average molecular weight is 358 g/mol. The molecule has 1 atom stereocenters. The molecule has 1 N–H and O–H groups in total. The third kappa shape index (κ3) is 3.64. The second-order valence-corrected chi connectivity index (χ2v) is 5.34. The molecular formula is C15H11BrF3NO. The highest BCUT2D eigenvalue weighted by atomic mass is 79.9. The number of halogens is 4. The molecule has 1 unspecified atom stereocenters. The normalized spacial score (nSPS) is 12.0. The molecular weight excluding hydrogens is 347 g/mol. The quantitative estimate of drug-likeness (QED) is 0.868. The third-order valence-corrected chi connectivity index (χ3v) is 3.61. The molecule has 2 aromatic rings.